The number of benzene rings is 2. The third-order valence-corrected chi connectivity index (χ3v) is 2.80. The monoisotopic (exact) mass is 274 g/mol. The fraction of sp³-hybridized carbons (Fsp3) is 0.133. The molecule has 5 heteroatoms. The van der Waals surface area contributed by atoms with E-state index in [1.165, 1.54) is 12.1 Å². The fourth-order valence-electron chi connectivity index (χ4n) is 1.80. The minimum atomic E-state index is -0.491. The molecule has 0 spiro atoms. The van der Waals surface area contributed by atoms with Crippen LogP contribution in [0.1, 0.15) is 21.5 Å². The fourth-order valence-corrected chi connectivity index (χ4v) is 1.80. The summed E-state index contributed by atoms with van der Waals surface area (Å²) >= 11 is 0. The van der Waals surface area contributed by atoms with E-state index in [2.05, 4.69) is 0 Å². The van der Waals surface area contributed by atoms with E-state index in [0.717, 1.165) is 0 Å². The number of amides is 1. The van der Waals surface area contributed by atoms with Gasteiger partial charge in [0, 0.05) is 12.1 Å². The van der Waals surface area contributed by atoms with Crippen molar-refractivity contribution in [3.05, 3.63) is 65.0 Å². The highest BCUT2D eigenvalue weighted by Crippen LogP contribution is 2.15. The van der Waals surface area contributed by atoms with Gasteiger partial charge in [0.15, 0.2) is 0 Å². The highest BCUT2D eigenvalue weighted by molar-refractivity contribution is 5.92. The Morgan fingerprint density at radius 2 is 1.75 bits per heavy atom. The Morgan fingerprint density at radius 3 is 2.35 bits per heavy atom. The number of hydrogen-bond acceptors (Lipinski definition) is 3. The molecule has 0 heterocycles. The molecule has 2 aromatic rings. The van der Waals surface area contributed by atoms with Gasteiger partial charge >= 0.3 is 0 Å². The van der Waals surface area contributed by atoms with Crippen molar-refractivity contribution in [3.63, 3.8) is 0 Å². The molecule has 0 aromatic heterocycles. The molecule has 0 radical (unpaired) electrons. The number of primary amides is 1. The van der Waals surface area contributed by atoms with E-state index in [1.807, 2.05) is 0 Å². The predicted octanol–water partition coefficient (Wildman–Crippen LogP) is 1.96. The number of rotatable bonds is 5. The number of ether oxygens (including phenoxy) is 1. The summed E-state index contributed by atoms with van der Waals surface area (Å²) in [6.07, 6.45) is 0. The van der Waals surface area contributed by atoms with Crippen LogP contribution >= 0.6 is 0 Å². The minimum Gasteiger partial charge on any atom is -0.489 e. The van der Waals surface area contributed by atoms with Crippen molar-refractivity contribution in [2.24, 2.45) is 11.5 Å². The first kappa shape index (κ1) is 14.0. The van der Waals surface area contributed by atoms with Crippen LogP contribution in [0.3, 0.4) is 0 Å². The maximum Gasteiger partial charge on any atom is 0.248 e. The van der Waals surface area contributed by atoms with Crippen LogP contribution in [0, 0.1) is 5.82 Å². The zero-order valence-corrected chi connectivity index (χ0v) is 10.8. The van der Waals surface area contributed by atoms with Gasteiger partial charge in [-0.2, -0.15) is 0 Å². The zero-order valence-electron chi connectivity index (χ0n) is 10.8. The van der Waals surface area contributed by atoms with E-state index in [9.17, 15) is 9.18 Å². The maximum absolute atomic E-state index is 13.3. The summed E-state index contributed by atoms with van der Waals surface area (Å²) in [5, 5.41) is 0. The second kappa shape index (κ2) is 6.16. The van der Waals surface area contributed by atoms with Gasteiger partial charge in [-0.15, -0.1) is 0 Å². The standard InChI is InChI=1S/C15H15FN2O2/c16-13-6-10(8-17)5-11(7-13)9-20-14-3-1-12(2-4-14)15(18)19/h1-7H,8-9,17H2,(H2,18,19). The van der Waals surface area contributed by atoms with Gasteiger partial charge in [0.2, 0.25) is 5.91 Å². The van der Waals surface area contributed by atoms with Gasteiger partial charge in [-0.25, -0.2) is 4.39 Å². The van der Waals surface area contributed by atoms with Crippen LogP contribution in [-0.4, -0.2) is 5.91 Å². The Labute approximate surface area is 116 Å². The Balaban J connectivity index is 2.04. The van der Waals surface area contributed by atoms with Crippen molar-refractivity contribution >= 4 is 5.91 Å². The molecule has 4 nitrogen and oxygen atoms in total. The quantitative estimate of drug-likeness (QED) is 0.874. The van der Waals surface area contributed by atoms with E-state index in [0.29, 0.717) is 22.4 Å². The smallest absolute Gasteiger partial charge is 0.248 e. The number of halogens is 1. The van der Waals surface area contributed by atoms with Gasteiger partial charge in [0.05, 0.1) is 0 Å². The summed E-state index contributed by atoms with van der Waals surface area (Å²) in [5.41, 5.74) is 12.5. The largest absolute Gasteiger partial charge is 0.489 e. The summed E-state index contributed by atoms with van der Waals surface area (Å²) in [5.74, 6) is -0.251. The molecule has 0 atom stereocenters. The second-order valence-electron chi connectivity index (χ2n) is 4.35. The summed E-state index contributed by atoms with van der Waals surface area (Å²) < 4.78 is 18.8. The molecule has 0 saturated carbocycles. The first-order valence-electron chi connectivity index (χ1n) is 6.09. The lowest BCUT2D eigenvalue weighted by atomic mass is 10.1. The molecule has 104 valence electrons. The Bertz CT molecular complexity index is 612. The van der Waals surface area contributed by atoms with Crippen molar-refractivity contribution in [1.82, 2.24) is 0 Å². The van der Waals surface area contributed by atoms with Gasteiger partial charge in [0.1, 0.15) is 18.2 Å². The summed E-state index contributed by atoms with van der Waals surface area (Å²) in [6, 6.07) is 11.0. The van der Waals surface area contributed by atoms with Gasteiger partial charge < -0.3 is 16.2 Å². The number of nitrogens with two attached hydrogens (primary N) is 2. The molecule has 4 N–H and O–H groups in total. The van der Waals surface area contributed by atoms with Crippen LogP contribution in [0.15, 0.2) is 42.5 Å². The average Bonchev–Trinajstić information content (AvgIpc) is 2.45. The first-order chi connectivity index (χ1) is 9.58. The van der Waals surface area contributed by atoms with Crippen LogP contribution in [0.4, 0.5) is 4.39 Å². The van der Waals surface area contributed by atoms with Crippen LogP contribution in [-0.2, 0) is 13.2 Å². The zero-order chi connectivity index (χ0) is 14.5. The minimum absolute atomic E-state index is 0.223. The van der Waals surface area contributed by atoms with E-state index in [4.69, 9.17) is 16.2 Å². The van der Waals surface area contributed by atoms with Gasteiger partial charge in [-0.3, -0.25) is 4.79 Å². The van der Waals surface area contributed by atoms with Crippen LogP contribution in [0.25, 0.3) is 0 Å². The molecule has 1 amide bonds. The molecule has 0 unspecified atom stereocenters. The van der Waals surface area contributed by atoms with E-state index < -0.39 is 5.91 Å². The highest BCUT2D eigenvalue weighted by atomic mass is 19.1. The number of hydrogen-bond donors (Lipinski definition) is 2. The van der Waals surface area contributed by atoms with Crippen molar-refractivity contribution in [1.29, 1.82) is 0 Å². The van der Waals surface area contributed by atoms with Crippen LogP contribution < -0.4 is 16.2 Å². The Kier molecular flexibility index (Phi) is 4.32. The second-order valence-corrected chi connectivity index (χ2v) is 4.35. The molecule has 2 aromatic carbocycles. The van der Waals surface area contributed by atoms with Crippen LogP contribution in [0.2, 0.25) is 0 Å². The normalized spacial score (nSPS) is 10.3. The molecular weight excluding hydrogens is 259 g/mol. The lowest BCUT2D eigenvalue weighted by molar-refractivity contribution is 0.1000. The Hall–Kier alpha value is -2.40. The van der Waals surface area contributed by atoms with E-state index in [1.54, 1.807) is 30.3 Å². The van der Waals surface area contributed by atoms with Gasteiger partial charge in [-0.05, 0) is 47.5 Å². The molecule has 2 rings (SSSR count). The molecule has 0 aliphatic carbocycles. The number of carbonyl (C=O) groups excluding carboxylic acids is 1. The van der Waals surface area contributed by atoms with Crippen molar-refractivity contribution in [3.8, 4) is 5.75 Å². The first-order valence-corrected chi connectivity index (χ1v) is 6.09. The van der Waals surface area contributed by atoms with Crippen molar-refractivity contribution in [2.45, 2.75) is 13.2 Å². The number of carbonyl (C=O) groups is 1. The third kappa shape index (κ3) is 3.55. The van der Waals surface area contributed by atoms with Gasteiger partial charge in [0.25, 0.3) is 0 Å². The molecule has 0 fully saturated rings. The third-order valence-electron chi connectivity index (χ3n) is 2.80. The molecule has 0 bridgehead atoms. The van der Waals surface area contributed by atoms with Crippen molar-refractivity contribution in [2.75, 3.05) is 0 Å². The summed E-state index contributed by atoms with van der Waals surface area (Å²) in [6.45, 7) is 0.499. The lowest BCUT2D eigenvalue weighted by Crippen LogP contribution is -2.10. The van der Waals surface area contributed by atoms with Crippen LogP contribution in [0.5, 0.6) is 5.75 Å². The molecule has 0 saturated heterocycles. The molecule has 20 heavy (non-hydrogen) atoms. The van der Waals surface area contributed by atoms with E-state index >= 15 is 0 Å². The maximum atomic E-state index is 13.3. The molecular formula is C15H15FN2O2. The van der Waals surface area contributed by atoms with E-state index in [-0.39, 0.29) is 19.0 Å². The lowest BCUT2D eigenvalue weighted by Gasteiger charge is -2.08. The predicted molar refractivity (Wildman–Crippen MR) is 73.6 cm³/mol. The van der Waals surface area contributed by atoms with Crippen molar-refractivity contribution < 1.29 is 13.9 Å². The molecule has 0 aliphatic heterocycles. The Morgan fingerprint density at radius 1 is 1.10 bits per heavy atom. The average molecular weight is 274 g/mol. The summed E-state index contributed by atoms with van der Waals surface area (Å²) in [7, 11) is 0. The highest BCUT2D eigenvalue weighted by Gasteiger charge is 2.03. The topological polar surface area (TPSA) is 78.3 Å². The molecule has 0 aliphatic rings. The summed E-state index contributed by atoms with van der Waals surface area (Å²) in [4.78, 5) is 10.9. The van der Waals surface area contributed by atoms with Gasteiger partial charge in [-0.1, -0.05) is 6.07 Å². The SMILES string of the molecule is NCc1cc(F)cc(COc2ccc(C(N)=O)cc2)c1.